The van der Waals surface area contributed by atoms with Gasteiger partial charge in [0, 0.05) is 45.9 Å². The Kier molecular flexibility index (Phi) is 5.26. The Balaban J connectivity index is 1.64. The second-order valence-electron chi connectivity index (χ2n) is 5.98. The maximum absolute atomic E-state index is 5.82. The molecular weight excluding hydrogens is 212 g/mol. The molecule has 17 heavy (non-hydrogen) atoms. The van der Waals surface area contributed by atoms with Crippen molar-refractivity contribution in [2.24, 2.45) is 5.92 Å². The summed E-state index contributed by atoms with van der Waals surface area (Å²) in [6.45, 7) is 13.0. The molecule has 0 radical (unpaired) electrons. The van der Waals surface area contributed by atoms with Gasteiger partial charge >= 0.3 is 0 Å². The molecule has 100 valence electrons. The lowest BCUT2D eigenvalue weighted by Gasteiger charge is -2.37. The molecule has 2 fully saturated rings. The number of ether oxygens (including phenoxy) is 1. The minimum absolute atomic E-state index is 0.514. The highest BCUT2D eigenvalue weighted by atomic mass is 16.5. The predicted molar refractivity (Wildman–Crippen MR) is 71.3 cm³/mol. The minimum Gasteiger partial charge on any atom is -0.377 e. The smallest absolute Gasteiger partial charge is 0.0702 e. The average molecular weight is 240 g/mol. The molecule has 2 rings (SSSR count). The topological polar surface area (TPSA) is 15.7 Å². The normalized spacial score (nSPS) is 28.8. The highest BCUT2D eigenvalue weighted by molar-refractivity contribution is 4.76. The summed E-state index contributed by atoms with van der Waals surface area (Å²) in [6, 6.07) is 0. The number of hydrogen-bond acceptors (Lipinski definition) is 3. The summed E-state index contributed by atoms with van der Waals surface area (Å²) in [4.78, 5) is 5.19. The van der Waals surface area contributed by atoms with Crippen LogP contribution >= 0.6 is 0 Å². The molecule has 2 heterocycles. The van der Waals surface area contributed by atoms with Gasteiger partial charge in [-0.2, -0.15) is 0 Å². The molecule has 0 aromatic heterocycles. The Labute approximate surface area is 106 Å². The fraction of sp³-hybridized carbons (Fsp3) is 1.00. The van der Waals surface area contributed by atoms with Crippen LogP contribution in [0.4, 0.5) is 0 Å². The summed E-state index contributed by atoms with van der Waals surface area (Å²) in [5.41, 5.74) is 0. The van der Waals surface area contributed by atoms with Crippen molar-refractivity contribution in [1.82, 2.24) is 9.80 Å². The molecule has 0 aromatic carbocycles. The molecule has 1 unspecified atom stereocenters. The van der Waals surface area contributed by atoms with Gasteiger partial charge in [-0.3, -0.25) is 4.90 Å². The number of rotatable bonds is 4. The van der Waals surface area contributed by atoms with Gasteiger partial charge in [0.2, 0.25) is 0 Å². The third kappa shape index (κ3) is 4.57. The Morgan fingerprint density at radius 1 is 1.06 bits per heavy atom. The van der Waals surface area contributed by atoms with Crippen molar-refractivity contribution < 1.29 is 4.74 Å². The number of hydrogen-bond donors (Lipinski definition) is 0. The van der Waals surface area contributed by atoms with Crippen molar-refractivity contribution in [2.75, 3.05) is 45.9 Å². The molecule has 2 aliphatic rings. The Morgan fingerprint density at radius 3 is 2.35 bits per heavy atom. The third-order valence-corrected chi connectivity index (χ3v) is 3.82. The first kappa shape index (κ1) is 13.3. The van der Waals surface area contributed by atoms with E-state index in [1.165, 1.54) is 52.0 Å². The van der Waals surface area contributed by atoms with Crippen LogP contribution in [0.25, 0.3) is 0 Å². The first-order valence-electron chi connectivity index (χ1n) is 7.30. The van der Waals surface area contributed by atoms with E-state index in [9.17, 15) is 0 Å². The van der Waals surface area contributed by atoms with Crippen molar-refractivity contribution in [3.63, 3.8) is 0 Å². The predicted octanol–water partition coefficient (Wildman–Crippen LogP) is 1.83. The lowest BCUT2D eigenvalue weighted by molar-refractivity contribution is -0.0146. The second-order valence-corrected chi connectivity index (χ2v) is 5.98. The molecule has 0 spiro atoms. The first-order chi connectivity index (χ1) is 8.24. The van der Waals surface area contributed by atoms with E-state index in [2.05, 4.69) is 23.6 Å². The second kappa shape index (κ2) is 6.72. The summed E-state index contributed by atoms with van der Waals surface area (Å²) >= 11 is 0. The van der Waals surface area contributed by atoms with Crippen LogP contribution in [0.2, 0.25) is 0 Å². The summed E-state index contributed by atoms with van der Waals surface area (Å²) < 4.78 is 5.82. The van der Waals surface area contributed by atoms with E-state index in [1.54, 1.807) is 0 Å². The largest absolute Gasteiger partial charge is 0.377 e. The molecular formula is C14H28N2O. The maximum atomic E-state index is 5.82. The van der Waals surface area contributed by atoms with Gasteiger partial charge in [-0.25, -0.2) is 0 Å². The zero-order valence-corrected chi connectivity index (χ0v) is 11.5. The van der Waals surface area contributed by atoms with Crippen LogP contribution in [0, 0.1) is 5.92 Å². The summed E-state index contributed by atoms with van der Waals surface area (Å²) in [7, 11) is 0. The Hall–Kier alpha value is -0.120. The van der Waals surface area contributed by atoms with E-state index in [0.29, 0.717) is 6.10 Å². The molecule has 2 aliphatic heterocycles. The van der Waals surface area contributed by atoms with E-state index in [0.717, 1.165) is 19.1 Å². The van der Waals surface area contributed by atoms with E-state index in [4.69, 9.17) is 4.74 Å². The molecule has 0 aliphatic carbocycles. The summed E-state index contributed by atoms with van der Waals surface area (Å²) in [6.07, 6.45) is 4.41. The Bertz CT molecular complexity index is 206. The van der Waals surface area contributed by atoms with Crippen molar-refractivity contribution in [2.45, 2.75) is 39.2 Å². The van der Waals surface area contributed by atoms with Crippen LogP contribution in [0.1, 0.15) is 33.1 Å². The van der Waals surface area contributed by atoms with Crippen LogP contribution < -0.4 is 0 Å². The van der Waals surface area contributed by atoms with Crippen LogP contribution in [0.3, 0.4) is 0 Å². The van der Waals surface area contributed by atoms with Gasteiger partial charge in [-0.05, 0) is 25.2 Å². The zero-order valence-electron chi connectivity index (χ0n) is 11.5. The molecule has 0 bridgehead atoms. The molecule has 0 N–H and O–H groups in total. The monoisotopic (exact) mass is 240 g/mol. The van der Waals surface area contributed by atoms with Gasteiger partial charge in [-0.15, -0.1) is 0 Å². The van der Waals surface area contributed by atoms with Crippen LogP contribution in [-0.4, -0.2) is 61.8 Å². The fourth-order valence-electron chi connectivity index (χ4n) is 2.91. The van der Waals surface area contributed by atoms with Gasteiger partial charge in [0.05, 0.1) is 6.10 Å². The van der Waals surface area contributed by atoms with E-state index in [1.807, 2.05) is 0 Å². The van der Waals surface area contributed by atoms with Crippen molar-refractivity contribution in [3.8, 4) is 0 Å². The van der Waals surface area contributed by atoms with Gasteiger partial charge in [-0.1, -0.05) is 13.8 Å². The van der Waals surface area contributed by atoms with Crippen molar-refractivity contribution >= 4 is 0 Å². The molecule has 0 amide bonds. The quantitative estimate of drug-likeness (QED) is 0.745. The van der Waals surface area contributed by atoms with Crippen LogP contribution in [0.15, 0.2) is 0 Å². The van der Waals surface area contributed by atoms with Gasteiger partial charge in [0.25, 0.3) is 0 Å². The number of piperazine rings is 1. The van der Waals surface area contributed by atoms with Crippen molar-refractivity contribution in [3.05, 3.63) is 0 Å². The Morgan fingerprint density at radius 2 is 1.76 bits per heavy atom. The summed E-state index contributed by atoms with van der Waals surface area (Å²) in [5, 5.41) is 0. The molecule has 2 saturated heterocycles. The van der Waals surface area contributed by atoms with Gasteiger partial charge in [0.1, 0.15) is 0 Å². The average Bonchev–Trinajstić information content (AvgIpc) is 2.32. The van der Waals surface area contributed by atoms with E-state index in [-0.39, 0.29) is 0 Å². The highest BCUT2D eigenvalue weighted by Crippen LogP contribution is 2.15. The molecule has 3 nitrogen and oxygen atoms in total. The van der Waals surface area contributed by atoms with Crippen LogP contribution in [0.5, 0.6) is 0 Å². The molecule has 0 saturated carbocycles. The standard InChI is InChI=1S/C14H28N2O/c1-13(2)11-15-6-8-16(9-7-15)12-14-5-3-4-10-17-14/h13-14H,3-12H2,1-2H3. The fourth-order valence-corrected chi connectivity index (χ4v) is 2.91. The SMILES string of the molecule is CC(C)CN1CCN(CC2CCCCO2)CC1. The van der Waals surface area contributed by atoms with Crippen molar-refractivity contribution in [1.29, 1.82) is 0 Å². The lowest BCUT2D eigenvalue weighted by Crippen LogP contribution is -2.49. The number of nitrogens with zero attached hydrogens (tertiary/aromatic N) is 2. The van der Waals surface area contributed by atoms with Gasteiger partial charge in [0.15, 0.2) is 0 Å². The molecule has 3 heteroatoms. The molecule has 0 aromatic rings. The van der Waals surface area contributed by atoms with Gasteiger partial charge < -0.3 is 9.64 Å². The first-order valence-corrected chi connectivity index (χ1v) is 7.30. The lowest BCUT2D eigenvalue weighted by atomic mass is 10.1. The zero-order chi connectivity index (χ0) is 12.1. The third-order valence-electron chi connectivity index (χ3n) is 3.82. The highest BCUT2D eigenvalue weighted by Gasteiger charge is 2.21. The van der Waals surface area contributed by atoms with Crippen LogP contribution in [-0.2, 0) is 4.74 Å². The molecule has 1 atom stereocenters. The van der Waals surface area contributed by atoms with E-state index < -0.39 is 0 Å². The van der Waals surface area contributed by atoms with E-state index >= 15 is 0 Å². The minimum atomic E-state index is 0.514. The maximum Gasteiger partial charge on any atom is 0.0702 e. The summed E-state index contributed by atoms with van der Waals surface area (Å²) in [5.74, 6) is 0.795.